The molecule has 1 heterocycles. The van der Waals surface area contributed by atoms with Crippen molar-refractivity contribution in [2.75, 3.05) is 25.3 Å². The molecule has 0 saturated carbocycles. The van der Waals surface area contributed by atoms with E-state index in [0.29, 0.717) is 34.9 Å². The van der Waals surface area contributed by atoms with Crippen molar-refractivity contribution in [3.05, 3.63) is 57.6 Å². The molecule has 1 aliphatic rings. The quantitative estimate of drug-likeness (QED) is 0.242. The van der Waals surface area contributed by atoms with Crippen LogP contribution in [0.2, 0.25) is 10.0 Å². The Kier molecular flexibility index (Phi) is 9.18. The lowest BCUT2D eigenvalue weighted by molar-refractivity contribution is 0.318. The van der Waals surface area contributed by atoms with Crippen molar-refractivity contribution in [3.63, 3.8) is 0 Å². The molecule has 0 fully saturated rings. The van der Waals surface area contributed by atoms with Crippen molar-refractivity contribution in [3.8, 4) is 11.5 Å². The molecule has 0 saturated heterocycles. The SMILES string of the molecule is CSC1=NN=C(CCOc2ccc(C(C)(C)c3cc(Cl)c(OCCCCl)c(Cl)c3)cc2)C1. The first-order valence-electron chi connectivity index (χ1n) is 10.4. The van der Waals surface area contributed by atoms with Crippen LogP contribution < -0.4 is 9.47 Å². The summed E-state index contributed by atoms with van der Waals surface area (Å²) in [6.07, 6.45) is 4.36. The molecule has 172 valence electrons. The summed E-state index contributed by atoms with van der Waals surface area (Å²) in [5, 5.41) is 10.4. The zero-order valence-electron chi connectivity index (χ0n) is 18.5. The summed E-state index contributed by atoms with van der Waals surface area (Å²) in [5.74, 6) is 1.86. The zero-order chi connectivity index (χ0) is 23.1. The first kappa shape index (κ1) is 25.2. The van der Waals surface area contributed by atoms with Crippen molar-refractivity contribution < 1.29 is 9.47 Å². The largest absolute Gasteiger partial charge is 0.493 e. The fourth-order valence-electron chi connectivity index (χ4n) is 3.33. The number of hydrogen-bond donors (Lipinski definition) is 0. The molecule has 3 rings (SSSR count). The molecular weight excluding hydrogens is 487 g/mol. The first-order chi connectivity index (χ1) is 15.3. The van der Waals surface area contributed by atoms with E-state index in [9.17, 15) is 0 Å². The van der Waals surface area contributed by atoms with Crippen molar-refractivity contribution in [1.82, 2.24) is 0 Å². The van der Waals surface area contributed by atoms with Crippen LogP contribution in [0.15, 0.2) is 46.6 Å². The summed E-state index contributed by atoms with van der Waals surface area (Å²) in [6.45, 7) is 5.34. The Morgan fingerprint density at radius 3 is 2.25 bits per heavy atom. The van der Waals surface area contributed by atoms with Crippen molar-refractivity contribution in [1.29, 1.82) is 0 Å². The molecule has 8 heteroatoms. The molecule has 0 amide bonds. The number of nitrogens with zero attached hydrogens (tertiary/aromatic N) is 2. The summed E-state index contributed by atoms with van der Waals surface area (Å²) >= 11 is 20.3. The predicted molar refractivity (Wildman–Crippen MR) is 139 cm³/mol. The Morgan fingerprint density at radius 2 is 1.66 bits per heavy atom. The van der Waals surface area contributed by atoms with Crippen LogP contribution in [-0.2, 0) is 5.41 Å². The molecule has 32 heavy (non-hydrogen) atoms. The van der Waals surface area contributed by atoms with Crippen LogP contribution in [0, 0.1) is 0 Å². The lowest BCUT2D eigenvalue weighted by Crippen LogP contribution is -2.19. The number of halogens is 3. The van der Waals surface area contributed by atoms with Gasteiger partial charge in [0.15, 0.2) is 5.75 Å². The minimum absolute atomic E-state index is 0.301. The van der Waals surface area contributed by atoms with Gasteiger partial charge >= 0.3 is 0 Å². The third kappa shape index (κ3) is 6.34. The van der Waals surface area contributed by atoms with E-state index in [1.165, 1.54) is 0 Å². The van der Waals surface area contributed by atoms with Gasteiger partial charge in [-0.3, -0.25) is 0 Å². The van der Waals surface area contributed by atoms with Crippen molar-refractivity contribution in [2.45, 2.75) is 38.5 Å². The van der Waals surface area contributed by atoms with Gasteiger partial charge in [0.2, 0.25) is 0 Å². The average molecular weight is 514 g/mol. The molecule has 1 aliphatic heterocycles. The molecule has 0 unspecified atom stereocenters. The van der Waals surface area contributed by atoms with Crippen LogP contribution in [-0.4, -0.2) is 36.1 Å². The molecule has 0 N–H and O–H groups in total. The Hall–Kier alpha value is -1.40. The van der Waals surface area contributed by atoms with Gasteiger partial charge in [-0.25, -0.2) is 0 Å². The highest BCUT2D eigenvalue weighted by Crippen LogP contribution is 2.40. The molecule has 0 atom stereocenters. The van der Waals surface area contributed by atoms with Crippen LogP contribution in [0.25, 0.3) is 0 Å². The van der Waals surface area contributed by atoms with Gasteiger partial charge in [-0.1, -0.05) is 49.2 Å². The van der Waals surface area contributed by atoms with Gasteiger partial charge in [-0.15, -0.1) is 28.5 Å². The Balaban J connectivity index is 1.63. The molecule has 2 aromatic rings. The second-order valence-electron chi connectivity index (χ2n) is 7.95. The van der Waals surface area contributed by atoms with Gasteiger partial charge in [0, 0.05) is 24.1 Å². The third-order valence-corrected chi connectivity index (χ3v) is 6.90. The van der Waals surface area contributed by atoms with Crippen molar-refractivity contribution >= 4 is 57.3 Å². The van der Waals surface area contributed by atoms with E-state index in [1.807, 2.05) is 30.5 Å². The lowest BCUT2D eigenvalue weighted by Gasteiger charge is -2.27. The van der Waals surface area contributed by atoms with E-state index in [-0.39, 0.29) is 5.41 Å². The Labute approximate surface area is 209 Å². The average Bonchev–Trinajstić information content (AvgIpc) is 3.24. The second kappa shape index (κ2) is 11.6. The summed E-state index contributed by atoms with van der Waals surface area (Å²) < 4.78 is 11.6. The number of ether oxygens (including phenoxy) is 2. The summed E-state index contributed by atoms with van der Waals surface area (Å²) in [6, 6.07) is 12.0. The minimum Gasteiger partial charge on any atom is -0.493 e. The van der Waals surface area contributed by atoms with Gasteiger partial charge < -0.3 is 9.47 Å². The number of alkyl halides is 1. The van der Waals surface area contributed by atoms with Gasteiger partial charge in [-0.05, 0) is 48.1 Å². The smallest absolute Gasteiger partial charge is 0.156 e. The van der Waals surface area contributed by atoms with Gasteiger partial charge in [0.25, 0.3) is 0 Å². The topological polar surface area (TPSA) is 43.2 Å². The molecule has 0 spiro atoms. The highest BCUT2D eigenvalue weighted by Gasteiger charge is 2.25. The number of benzene rings is 2. The predicted octanol–water partition coefficient (Wildman–Crippen LogP) is 7.62. The van der Waals surface area contributed by atoms with E-state index in [0.717, 1.165) is 46.9 Å². The maximum absolute atomic E-state index is 6.48. The van der Waals surface area contributed by atoms with Gasteiger partial charge in [0.1, 0.15) is 10.8 Å². The number of rotatable bonds is 10. The fourth-order valence-corrected chi connectivity index (χ4v) is 4.47. The highest BCUT2D eigenvalue weighted by atomic mass is 35.5. The molecule has 0 radical (unpaired) electrons. The fraction of sp³-hybridized carbons (Fsp3) is 0.417. The minimum atomic E-state index is -0.301. The van der Waals surface area contributed by atoms with E-state index in [4.69, 9.17) is 44.3 Å². The Bertz CT molecular complexity index is 968. The molecule has 0 aromatic heterocycles. The van der Waals surface area contributed by atoms with Gasteiger partial charge in [-0.2, -0.15) is 5.10 Å². The van der Waals surface area contributed by atoms with Gasteiger partial charge in [0.05, 0.1) is 29.0 Å². The first-order valence-corrected chi connectivity index (χ1v) is 12.9. The lowest BCUT2D eigenvalue weighted by atomic mass is 9.78. The van der Waals surface area contributed by atoms with Crippen LogP contribution in [0.3, 0.4) is 0 Å². The monoisotopic (exact) mass is 512 g/mol. The maximum Gasteiger partial charge on any atom is 0.156 e. The molecule has 0 bridgehead atoms. The van der Waals surface area contributed by atoms with Crippen LogP contribution in [0.1, 0.15) is 44.2 Å². The molecule has 0 aliphatic carbocycles. The molecule has 4 nitrogen and oxygen atoms in total. The number of hydrogen-bond acceptors (Lipinski definition) is 5. The molecular formula is C24H27Cl3N2O2S. The number of thioether (sulfide) groups is 1. The van der Waals surface area contributed by atoms with E-state index in [2.05, 4.69) is 36.2 Å². The summed E-state index contributed by atoms with van der Waals surface area (Å²) in [4.78, 5) is 0. The molecule has 2 aromatic carbocycles. The zero-order valence-corrected chi connectivity index (χ0v) is 21.5. The summed E-state index contributed by atoms with van der Waals surface area (Å²) in [7, 11) is 0. The van der Waals surface area contributed by atoms with Crippen LogP contribution in [0.5, 0.6) is 11.5 Å². The summed E-state index contributed by atoms with van der Waals surface area (Å²) in [5.41, 5.74) is 2.90. The maximum atomic E-state index is 6.48. The van der Waals surface area contributed by atoms with Crippen molar-refractivity contribution in [2.24, 2.45) is 10.2 Å². The Morgan fingerprint density at radius 1 is 0.969 bits per heavy atom. The third-order valence-electron chi connectivity index (χ3n) is 5.37. The van der Waals surface area contributed by atoms with E-state index in [1.54, 1.807) is 11.8 Å². The van der Waals surface area contributed by atoms with E-state index >= 15 is 0 Å². The van der Waals surface area contributed by atoms with Crippen LogP contribution >= 0.6 is 46.6 Å². The highest BCUT2D eigenvalue weighted by molar-refractivity contribution is 8.13. The normalized spacial score (nSPS) is 13.7. The van der Waals surface area contributed by atoms with Crippen LogP contribution in [0.4, 0.5) is 0 Å². The standard InChI is InChI=1S/C24H27Cl3N2O2S/c1-24(2,17-13-20(26)23(21(27)14-17)31-11-4-10-25)16-5-7-19(8-6-16)30-12-9-18-15-22(32-3)29-28-18/h5-8,13-14H,4,9-12,15H2,1-3H3. The van der Waals surface area contributed by atoms with E-state index < -0.39 is 0 Å². The second-order valence-corrected chi connectivity index (χ2v) is 10.0.